The van der Waals surface area contributed by atoms with E-state index in [2.05, 4.69) is 14.9 Å². The Morgan fingerprint density at radius 2 is 2.07 bits per heavy atom. The molecule has 1 aromatic carbocycles. The second kappa shape index (κ2) is 3.53. The van der Waals surface area contributed by atoms with Gasteiger partial charge in [-0.15, -0.1) is 10.2 Å². The topological polar surface area (TPSA) is 72.3 Å². The summed E-state index contributed by atoms with van der Waals surface area (Å²) in [7, 11) is 1.22. The fraction of sp³-hybridized carbons (Fsp3) is 0.100. The summed E-state index contributed by atoms with van der Waals surface area (Å²) in [5, 5.41) is 17.6. The van der Waals surface area contributed by atoms with Gasteiger partial charge in [0.2, 0.25) is 5.69 Å². The van der Waals surface area contributed by atoms with Gasteiger partial charge in [0.05, 0.1) is 12.6 Å². The molecule has 0 atom stereocenters. The van der Waals surface area contributed by atoms with E-state index in [1.54, 1.807) is 24.3 Å². The van der Waals surface area contributed by atoms with E-state index in [4.69, 9.17) is 0 Å². The molecule has 0 unspecified atom stereocenters. The average molecular weight is 204 g/mol. The van der Waals surface area contributed by atoms with Crippen molar-refractivity contribution in [1.29, 1.82) is 0 Å². The Kier molecular flexibility index (Phi) is 2.21. The minimum Gasteiger partial charge on any atom is -0.505 e. The lowest BCUT2D eigenvalue weighted by molar-refractivity contribution is 0.0589. The summed E-state index contributed by atoms with van der Waals surface area (Å²) in [6.45, 7) is 0. The fourth-order valence-electron chi connectivity index (χ4n) is 1.27. The van der Waals surface area contributed by atoms with Crippen LogP contribution >= 0.6 is 0 Å². The van der Waals surface area contributed by atoms with Crippen LogP contribution in [0.4, 0.5) is 0 Å². The van der Waals surface area contributed by atoms with Crippen LogP contribution in [0.1, 0.15) is 10.5 Å². The van der Waals surface area contributed by atoms with Crippen LogP contribution in [-0.4, -0.2) is 28.4 Å². The van der Waals surface area contributed by atoms with Crippen molar-refractivity contribution < 1.29 is 14.6 Å². The number of nitrogens with zero attached hydrogens (tertiary/aromatic N) is 2. The molecule has 0 bridgehead atoms. The van der Waals surface area contributed by atoms with Crippen LogP contribution in [0, 0.1) is 0 Å². The summed E-state index contributed by atoms with van der Waals surface area (Å²) in [4.78, 5) is 11.2. The first-order chi connectivity index (χ1) is 7.24. The summed E-state index contributed by atoms with van der Waals surface area (Å²) in [5.41, 5.74) is 0.360. The zero-order valence-corrected chi connectivity index (χ0v) is 7.97. The number of carbonyl (C=O) groups is 1. The first kappa shape index (κ1) is 9.39. The Labute approximate surface area is 85.3 Å². The second-order valence-electron chi connectivity index (χ2n) is 2.91. The highest BCUT2D eigenvalue weighted by atomic mass is 16.5. The van der Waals surface area contributed by atoms with Crippen molar-refractivity contribution in [2.24, 2.45) is 0 Å². The summed E-state index contributed by atoms with van der Waals surface area (Å²) < 4.78 is 4.46. The van der Waals surface area contributed by atoms with Crippen LogP contribution in [0.2, 0.25) is 0 Å². The maximum atomic E-state index is 11.2. The first-order valence-corrected chi connectivity index (χ1v) is 4.26. The number of benzene rings is 1. The van der Waals surface area contributed by atoms with E-state index in [9.17, 15) is 9.90 Å². The lowest BCUT2D eigenvalue weighted by Crippen LogP contribution is -2.06. The van der Waals surface area contributed by atoms with Gasteiger partial charge >= 0.3 is 5.97 Å². The summed E-state index contributed by atoms with van der Waals surface area (Å²) >= 11 is 0. The highest BCUT2D eigenvalue weighted by molar-refractivity contribution is 5.97. The highest BCUT2D eigenvalue weighted by Gasteiger charge is 2.16. The maximum absolute atomic E-state index is 11.2. The number of aromatic hydroxyl groups is 1. The van der Waals surface area contributed by atoms with Crippen molar-refractivity contribution in [2.75, 3.05) is 7.11 Å². The molecule has 0 aliphatic rings. The van der Waals surface area contributed by atoms with Gasteiger partial charge in [0, 0.05) is 5.39 Å². The summed E-state index contributed by atoms with van der Waals surface area (Å²) in [5.74, 6) is -0.904. The lowest BCUT2D eigenvalue weighted by atomic mass is 10.2. The molecule has 0 saturated heterocycles. The van der Waals surface area contributed by atoms with Gasteiger partial charge in [-0.05, 0) is 12.1 Å². The molecule has 1 N–H and O–H groups in total. The van der Waals surface area contributed by atoms with E-state index < -0.39 is 5.97 Å². The van der Waals surface area contributed by atoms with Gasteiger partial charge in [-0.2, -0.15) is 0 Å². The lowest BCUT2D eigenvalue weighted by Gasteiger charge is -2.03. The quantitative estimate of drug-likeness (QED) is 0.705. The highest BCUT2D eigenvalue weighted by Crippen LogP contribution is 2.25. The normalized spacial score (nSPS) is 10.2. The van der Waals surface area contributed by atoms with Gasteiger partial charge in [-0.1, -0.05) is 12.1 Å². The van der Waals surface area contributed by atoms with Crippen LogP contribution in [0.25, 0.3) is 10.9 Å². The van der Waals surface area contributed by atoms with Crippen LogP contribution < -0.4 is 0 Å². The maximum Gasteiger partial charge on any atom is 0.362 e. The van der Waals surface area contributed by atoms with Crippen molar-refractivity contribution in [3.8, 4) is 5.75 Å². The van der Waals surface area contributed by atoms with Gasteiger partial charge in [-0.25, -0.2) is 4.79 Å². The first-order valence-electron chi connectivity index (χ1n) is 4.26. The predicted octanol–water partition coefficient (Wildman–Crippen LogP) is 1.12. The number of esters is 1. The van der Waals surface area contributed by atoms with Gasteiger partial charge in [0.1, 0.15) is 0 Å². The van der Waals surface area contributed by atoms with E-state index in [1.165, 1.54) is 7.11 Å². The second-order valence-corrected chi connectivity index (χ2v) is 2.91. The van der Waals surface area contributed by atoms with Gasteiger partial charge < -0.3 is 9.84 Å². The third-order valence-electron chi connectivity index (χ3n) is 2.02. The number of aromatic nitrogens is 2. The van der Waals surface area contributed by atoms with Crippen molar-refractivity contribution in [1.82, 2.24) is 10.2 Å². The minimum absolute atomic E-state index is 0.170. The SMILES string of the molecule is COC(=O)c1nnc2ccccc2c1O. The molecule has 2 rings (SSSR count). The molecule has 0 fully saturated rings. The number of fused-ring (bicyclic) bond motifs is 1. The molecule has 15 heavy (non-hydrogen) atoms. The number of carbonyl (C=O) groups excluding carboxylic acids is 1. The van der Waals surface area contributed by atoms with Crippen molar-refractivity contribution >= 4 is 16.9 Å². The number of hydrogen-bond donors (Lipinski definition) is 1. The number of rotatable bonds is 1. The number of hydrogen-bond acceptors (Lipinski definition) is 5. The molecule has 0 amide bonds. The Bertz CT molecular complexity index is 525. The molecule has 1 aromatic heterocycles. The van der Waals surface area contributed by atoms with Gasteiger partial charge in [0.25, 0.3) is 0 Å². The molecule has 5 nitrogen and oxygen atoms in total. The van der Waals surface area contributed by atoms with E-state index in [1.807, 2.05) is 0 Å². The molecule has 0 aliphatic heterocycles. The molecule has 0 saturated carbocycles. The molecule has 76 valence electrons. The van der Waals surface area contributed by atoms with E-state index in [0.717, 1.165) is 0 Å². The summed E-state index contributed by atoms with van der Waals surface area (Å²) in [6.07, 6.45) is 0. The monoisotopic (exact) mass is 204 g/mol. The molecule has 0 aliphatic carbocycles. The van der Waals surface area contributed by atoms with Crippen LogP contribution in [0.3, 0.4) is 0 Å². The van der Waals surface area contributed by atoms with Crippen molar-refractivity contribution in [3.05, 3.63) is 30.0 Å². The zero-order chi connectivity index (χ0) is 10.8. The van der Waals surface area contributed by atoms with Crippen LogP contribution in [0.15, 0.2) is 24.3 Å². The molecule has 1 heterocycles. The summed E-state index contributed by atoms with van der Waals surface area (Å²) in [6, 6.07) is 6.87. The molecular formula is C10H8N2O3. The molecular weight excluding hydrogens is 196 g/mol. The Balaban J connectivity index is 2.70. The van der Waals surface area contributed by atoms with Gasteiger partial charge in [-0.3, -0.25) is 0 Å². The smallest absolute Gasteiger partial charge is 0.362 e. The van der Waals surface area contributed by atoms with Crippen LogP contribution in [-0.2, 0) is 4.74 Å². The number of ether oxygens (including phenoxy) is 1. The predicted molar refractivity (Wildman–Crippen MR) is 52.5 cm³/mol. The largest absolute Gasteiger partial charge is 0.505 e. The third-order valence-corrected chi connectivity index (χ3v) is 2.02. The van der Waals surface area contributed by atoms with Crippen molar-refractivity contribution in [3.63, 3.8) is 0 Å². The van der Waals surface area contributed by atoms with Crippen molar-refractivity contribution in [2.45, 2.75) is 0 Å². The molecule has 0 spiro atoms. The van der Waals surface area contributed by atoms with E-state index in [-0.39, 0.29) is 11.4 Å². The third kappa shape index (κ3) is 1.48. The average Bonchev–Trinajstić information content (AvgIpc) is 2.29. The fourth-order valence-corrected chi connectivity index (χ4v) is 1.27. The molecule has 0 radical (unpaired) electrons. The Hall–Kier alpha value is -2.17. The standard InChI is InChI=1S/C10H8N2O3/c1-15-10(14)8-9(13)6-4-2-3-5-7(6)11-12-8/h2-5H,1H3,(H,11,13). The van der Waals surface area contributed by atoms with E-state index >= 15 is 0 Å². The Morgan fingerprint density at radius 1 is 1.33 bits per heavy atom. The van der Waals surface area contributed by atoms with Crippen LogP contribution in [0.5, 0.6) is 5.75 Å². The van der Waals surface area contributed by atoms with Gasteiger partial charge in [0.15, 0.2) is 5.75 Å². The zero-order valence-electron chi connectivity index (χ0n) is 7.97. The number of methoxy groups -OCH3 is 1. The minimum atomic E-state index is -0.703. The molecule has 2 aromatic rings. The van der Waals surface area contributed by atoms with E-state index in [0.29, 0.717) is 10.9 Å². The Morgan fingerprint density at radius 3 is 2.80 bits per heavy atom. The molecule has 5 heteroatoms.